The van der Waals surface area contributed by atoms with Crippen molar-refractivity contribution < 1.29 is 21.6 Å². The Kier molecular flexibility index (Phi) is 10.5. The maximum absolute atomic E-state index is 12.6. The van der Waals surface area contributed by atoms with Gasteiger partial charge >= 0.3 is 15.5 Å². The Labute approximate surface area is 166 Å². The van der Waals surface area contributed by atoms with Crippen molar-refractivity contribution in [1.29, 1.82) is 0 Å². The second-order valence-corrected chi connectivity index (χ2v) is 9.27. The molecule has 0 saturated carbocycles. The van der Waals surface area contributed by atoms with Crippen LogP contribution in [0.5, 0.6) is 0 Å². The Morgan fingerprint density at radius 3 is 2.21 bits per heavy atom. The normalized spacial score (nSPS) is 17.9. The molecule has 1 aliphatic heterocycles. The number of alkyl halides is 3. The predicted octanol–water partition coefficient (Wildman–Crippen LogP) is 1.98. The molecule has 0 spiro atoms. The van der Waals surface area contributed by atoms with Gasteiger partial charge in [0.15, 0.2) is 5.96 Å². The van der Waals surface area contributed by atoms with Crippen molar-refractivity contribution in [3.63, 3.8) is 0 Å². The van der Waals surface area contributed by atoms with Crippen molar-refractivity contribution in [3.05, 3.63) is 0 Å². The smallest absolute Gasteiger partial charge is 0.356 e. The van der Waals surface area contributed by atoms with Gasteiger partial charge in [0.2, 0.25) is 0 Å². The summed E-state index contributed by atoms with van der Waals surface area (Å²) in [7, 11) is 0.549. The Hall–Kier alpha value is -1.07. The molecule has 1 saturated heterocycles. The molecule has 0 amide bonds. The highest BCUT2D eigenvalue weighted by atomic mass is 32.2. The summed E-state index contributed by atoms with van der Waals surface area (Å²) < 4.78 is 61.2. The first kappa shape index (κ1) is 25.0. The van der Waals surface area contributed by atoms with Crippen LogP contribution in [0.25, 0.3) is 0 Å². The molecule has 1 aliphatic rings. The van der Waals surface area contributed by atoms with Gasteiger partial charge in [-0.05, 0) is 46.3 Å². The van der Waals surface area contributed by atoms with Crippen LogP contribution in [0, 0.1) is 0 Å². The fourth-order valence-electron chi connectivity index (χ4n) is 3.07. The third-order valence-electron chi connectivity index (χ3n) is 4.73. The lowest BCUT2D eigenvalue weighted by Gasteiger charge is -2.32. The van der Waals surface area contributed by atoms with Crippen LogP contribution in [-0.2, 0) is 10.0 Å². The molecule has 0 aromatic carbocycles. The van der Waals surface area contributed by atoms with Gasteiger partial charge in [-0.1, -0.05) is 19.3 Å². The fourth-order valence-corrected chi connectivity index (χ4v) is 4.05. The van der Waals surface area contributed by atoms with Crippen molar-refractivity contribution in [1.82, 2.24) is 19.8 Å². The molecule has 0 aliphatic carbocycles. The Bertz CT molecular complexity index is 574. The van der Waals surface area contributed by atoms with Gasteiger partial charge in [0, 0.05) is 32.7 Å². The van der Waals surface area contributed by atoms with E-state index in [2.05, 4.69) is 34.6 Å². The zero-order valence-corrected chi connectivity index (χ0v) is 17.9. The van der Waals surface area contributed by atoms with E-state index in [0.717, 1.165) is 25.9 Å². The van der Waals surface area contributed by atoms with Crippen molar-refractivity contribution in [2.45, 2.75) is 56.5 Å². The molecule has 28 heavy (non-hydrogen) atoms. The van der Waals surface area contributed by atoms with Crippen LogP contribution in [0.2, 0.25) is 0 Å². The van der Waals surface area contributed by atoms with Crippen LogP contribution >= 0.6 is 0 Å². The summed E-state index contributed by atoms with van der Waals surface area (Å²) >= 11 is 0. The number of unbranched alkanes of at least 4 members (excludes halogenated alkanes) is 4. The third-order valence-corrected chi connectivity index (χ3v) is 6.36. The molecule has 0 aromatic rings. The van der Waals surface area contributed by atoms with Crippen molar-refractivity contribution in [3.8, 4) is 0 Å². The number of nitrogens with zero attached hydrogens (tertiary/aromatic N) is 3. The van der Waals surface area contributed by atoms with Gasteiger partial charge < -0.3 is 15.5 Å². The zero-order chi connectivity index (χ0) is 21.2. The maximum Gasteiger partial charge on any atom is 0.511 e. The summed E-state index contributed by atoms with van der Waals surface area (Å²) in [6.07, 6.45) is 6.37. The number of hydrogen-bond donors (Lipinski definition) is 2. The van der Waals surface area contributed by atoms with E-state index in [9.17, 15) is 21.6 Å². The van der Waals surface area contributed by atoms with Gasteiger partial charge in [0.1, 0.15) is 0 Å². The lowest BCUT2D eigenvalue weighted by Crippen LogP contribution is -2.51. The van der Waals surface area contributed by atoms with Gasteiger partial charge in [-0.3, -0.25) is 4.99 Å². The largest absolute Gasteiger partial charge is 0.511 e. The van der Waals surface area contributed by atoms with Crippen molar-refractivity contribution in [2.75, 3.05) is 47.3 Å². The minimum atomic E-state index is -5.24. The number of sulfonamides is 1. The molecule has 0 atom stereocenters. The third kappa shape index (κ3) is 8.52. The Morgan fingerprint density at radius 1 is 1.11 bits per heavy atom. The highest BCUT2D eigenvalue weighted by Gasteiger charge is 2.50. The van der Waals surface area contributed by atoms with E-state index in [4.69, 9.17) is 0 Å². The highest BCUT2D eigenvalue weighted by molar-refractivity contribution is 7.90. The molecular formula is C17H34F3N5O2S. The molecule has 7 nitrogen and oxygen atoms in total. The minimum absolute atomic E-state index is 0.100. The predicted molar refractivity (Wildman–Crippen MR) is 106 cm³/mol. The van der Waals surface area contributed by atoms with Gasteiger partial charge in [-0.2, -0.15) is 17.5 Å². The average Bonchev–Trinajstić information content (AvgIpc) is 2.62. The summed E-state index contributed by atoms with van der Waals surface area (Å²) in [5.41, 5.74) is -5.24. The lowest BCUT2D eigenvalue weighted by atomic mass is 10.1. The summed E-state index contributed by atoms with van der Waals surface area (Å²) in [6.45, 7) is 1.58. The molecule has 0 bridgehead atoms. The number of halogens is 3. The number of guanidine groups is 1. The molecule has 166 valence electrons. The zero-order valence-electron chi connectivity index (χ0n) is 17.1. The first-order valence-electron chi connectivity index (χ1n) is 9.76. The maximum atomic E-state index is 12.6. The summed E-state index contributed by atoms with van der Waals surface area (Å²) in [5, 5.41) is 6.38. The average molecular weight is 430 g/mol. The molecule has 0 aromatic heterocycles. The molecule has 0 radical (unpaired) electrons. The van der Waals surface area contributed by atoms with E-state index >= 15 is 0 Å². The molecule has 11 heteroatoms. The summed E-state index contributed by atoms with van der Waals surface area (Å²) in [5.74, 6) is 0.602. The number of hydrogen-bond acceptors (Lipinski definition) is 4. The van der Waals surface area contributed by atoms with E-state index in [1.165, 1.54) is 19.3 Å². The topological polar surface area (TPSA) is 77.0 Å². The van der Waals surface area contributed by atoms with Gasteiger partial charge in [-0.25, -0.2) is 8.42 Å². The van der Waals surface area contributed by atoms with Crippen LogP contribution in [-0.4, -0.2) is 82.5 Å². The Morgan fingerprint density at radius 2 is 1.68 bits per heavy atom. The second kappa shape index (κ2) is 11.8. The first-order chi connectivity index (χ1) is 13.1. The fraction of sp³-hybridized carbons (Fsp3) is 0.941. The number of piperidine rings is 1. The number of aliphatic imine (C=N–C) groups is 1. The molecule has 1 heterocycles. The van der Waals surface area contributed by atoms with Gasteiger partial charge in [-0.15, -0.1) is 0 Å². The summed E-state index contributed by atoms with van der Waals surface area (Å²) in [4.78, 5) is 6.31. The van der Waals surface area contributed by atoms with Crippen LogP contribution < -0.4 is 10.6 Å². The van der Waals surface area contributed by atoms with Crippen LogP contribution in [0.3, 0.4) is 0 Å². The standard InChI is InChI=1S/C17H34F3N5O2S/c1-21-16(22-11-7-5-4-6-8-12-24(2)3)23-15-9-13-25(14-10-15)28(26,27)17(18,19)20/h15H,4-14H2,1-3H3,(H2,21,22,23). The summed E-state index contributed by atoms with van der Waals surface area (Å²) in [6, 6.07) is -0.100. The molecule has 1 fully saturated rings. The van der Waals surface area contributed by atoms with Crippen molar-refractivity contribution in [2.24, 2.45) is 4.99 Å². The molecule has 1 rings (SSSR count). The van der Waals surface area contributed by atoms with Gasteiger partial charge in [0.25, 0.3) is 0 Å². The monoisotopic (exact) mass is 429 g/mol. The van der Waals surface area contributed by atoms with E-state index < -0.39 is 15.5 Å². The first-order valence-corrected chi connectivity index (χ1v) is 11.2. The molecule has 0 unspecified atom stereocenters. The van der Waals surface area contributed by atoms with Crippen LogP contribution in [0.4, 0.5) is 13.2 Å². The molecular weight excluding hydrogens is 395 g/mol. The van der Waals surface area contributed by atoms with Crippen LogP contribution in [0.1, 0.15) is 44.9 Å². The lowest BCUT2D eigenvalue weighted by molar-refractivity contribution is -0.0494. The Balaban J connectivity index is 2.23. The second-order valence-electron chi connectivity index (χ2n) is 7.34. The van der Waals surface area contributed by atoms with E-state index in [1.807, 2.05) is 0 Å². The molecule has 2 N–H and O–H groups in total. The quantitative estimate of drug-likeness (QED) is 0.316. The van der Waals surface area contributed by atoms with E-state index in [0.29, 0.717) is 23.1 Å². The van der Waals surface area contributed by atoms with E-state index in [1.54, 1.807) is 7.05 Å². The number of rotatable bonds is 10. The van der Waals surface area contributed by atoms with Gasteiger partial charge in [0.05, 0.1) is 0 Å². The van der Waals surface area contributed by atoms with Crippen LogP contribution in [0.15, 0.2) is 4.99 Å². The SMILES string of the molecule is CN=C(NCCCCCCCN(C)C)NC1CCN(S(=O)(=O)C(F)(F)F)CC1. The number of nitrogens with one attached hydrogen (secondary N) is 2. The van der Waals surface area contributed by atoms with E-state index in [-0.39, 0.29) is 19.1 Å². The highest BCUT2D eigenvalue weighted by Crippen LogP contribution is 2.28. The minimum Gasteiger partial charge on any atom is -0.356 e. The van der Waals surface area contributed by atoms with Crippen molar-refractivity contribution >= 4 is 16.0 Å².